The van der Waals surface area contributed by atoms with Gasteiger partial charge >= 0.3 is 0 Å². The Kier molecular flexibility index (Phi) is 4.78. The highest BCUT2D eigenvalue weighted by Gasteiger charge is 2.18. The number of para-hydroxylation sites is 1. The average Bonchev–Trinajstić information content (AvgIpc) is 2.44. The first-order valence-corrected chi connectivity index (χ1v) is 7.66. The first-order chi connectivity index (χ1) is 9.91. The van der Waals surface area contributed by atoms with Crippen molar-refractivity contribution in [1.82, 2.24) is 9.97 Å². The van der Waals surface area contributed by atoms with E-state index in [1.807, 2.05) is 30.3 Å². The molecule has 0 radical (unpaired) electrons. The van der Waals surface area contributed by atoms with Crippen LogP contribution >= 0.6 is 12.2 Å². The molecule has 21 heavy (non-hydrogen) atoms. The van der Waals surface area contributed by atoms with Gasteiger partial charge in [-0.15, -0.1) is 0 Å². The molecule has 0 spiro atoms. The van der Waals surface area contributed by atoms with E-state index in [9.17, 15) is 0 Å². The Hall–Kier alpha value is -1.68. The Bertz CT molecular complexity index is 671. The molecule has 112 valence electrons. The molecule has 0 aliphatic heterocycles. The van der Waals surface area contributed by atoms with Crippen LogP contribution in [0.15, 0.2) is 30.3 Å². The summed E-state index contributed by atoms with van der Waals surface area (Å²) in [5.41, 5.74) is 1.89. The second-order valence-electron chi connectivity index (χ2n) is 6.08. The number of rotatable bonds is 4. The van der Waals surface area contributed by atoms with Crippen LogP contribution in [0.5, 0.6) is 5.75 Å². The molecule has 0 aliphatic rings. The molecule has 1 aromatic heterocycles. The van der Waals surface area contributed by atoms with Gasteiger partial charge in [-0.2, -0.15) is 0 Å². The molecule has 0 saturated heterocycles. The van der Waals surface area contributed by atoms with E-state index in [2.05, 4.69) is 37.7 Å². The lowest BCUT2D eigenvalue weighted by atomic mass is 9.95. The fourth-order valence-corrected chi connectivity index (χ4v) is 2.19. The summed E-state index contributed by atoms with van der Waals surface area (Å²) in [4.78, 5) is 7.84. The van der Waals surface area contributed by atoms with Gasteiger partial charge in [-0.05, 0) is 24.6 Å². The number of nitrogens with one attached hydrogen (secondary N) is 1. The molecule has 0 atom stereocenters. The molecule has 0 unspecified atom stereocenters. The van der Waals surface area contributed by atoms with Crippen LogP contribution in [0.1, 0.15) is 39.9 Å². The van der Waals surface area contributed by atoms with Crippen molar-refractivity contribution in [2.45, 2.75) is 39.5 Å². The molecule has 3 nitrogen and oxygen atoms in total. The number of aromatic nitrogens is 2. The molecular formula is C17H22N2OS. The van der Waals surface area contributed by atoms with E-state index >= 15 is 0 Å². The van der Waals surface area contributed by atoms with Gasteiger partial charge in [0.25, 0.3) is 0 Å². The van der Waals surface area contributed by atoms with Crippen LogP contribution in [0.4, 0.5) is 0 Å². The van der Waals surface area contributed by atoms with E-state index in [1.54, 1.807) is 0 Å². The third kappa shape index (κ3) is 3.91. The number of hydrogen-bond donors (Lipinski definition) is 1. The number of hydrogen-bond acceptors (Lipinski definition) is 3. The average molecular weight is 302 g/mol. The summed E-state index contributed by atoms with van der Waals surface area (Å²) in [5.74, 6) is 1.76. The van der Waals surface area contributed by atoms with E-state index in [4.69, 9.17) is 17.0 Å². The molecule has 4 heteroatoms. The summed E-state index contributed by atoms with van der Waals surface area (Å²) >= 11 is 5.31. The van der Waals surface area contributed by atoms with Gasteiger partial charge in [-0.1, -0.05) is 52.0 Å². The number of nitrogens with zero attached hydrogens (tertiary/aromatic N) is 1. The first-order valence-electron chi connectivity index (χ1n) is 7.26. The summed E-state index contributed by atoms with van der Waals surface area (Å²) in [6.07, 6.45) is 0.980. The van der Waals surface area contributed by atoms with E-state index in [0.717, 1.165) is 29.3 Å². The lowest BCUT2D eigenvalue weighted by molar-refractivity contribution is 0.318. The zero-order valence-corrected chi connectivity index (χ0v) is 13.9. The van der Waals surface area contributed by atoms with Gasteiger partial charge in [0.15, 0.2) is 0 Å². The quantitative estimate of drug-likeness (QED) is 0.817. The maximum Gasteiger partial charge on any atom is 0.130 e. The van der Waals surface area contributed by atoms with E-state index in [1.165, 1.54) is 0 Å². The minimum Gasteiger partial charge on any atom is -0.493 e. The summed E-state index contributed by atoms with van der Waals surface area (Å²) in [6.45, 7) is 9.15. The second-order valence-corrected chi connectivity index (χ2v) is 6.49. The molecule has 2 rings (SSSR count). The van der Waals surface area contributed by atoms with Gasteiger partial charge in [-0.25, -0.2) is 4.98 Å². The van der Waals surface area contributed by atoms with Crippen LogP contribution in [-0.4, -0.2) is 16.6 Å². The SMILES string of the molecule is CCCOc1ccccc1-c1cc(=S)nc(C(C)(C)C)[nH]1. The Morgan fingerprint density at radius 3 is 2.62 bits per heavy atom. The Morgan fingerprint density at radius 1 is 1.24 bits per heavy atom. The van der Waals surface area contributed by atoms with Gasteiger partial charge < -0.3 is 9.72 Å². The van der Waals surface area contributed by atoms with Crippen molar-refractivity contribution >= 4 is 12.2 Å². The van der Waals surface area contributed by atoms with Gasteiger partial charge in [0, 0.05) is 11.0 Å². The third-order valence-electron chi connectivity index (χ3n) is 3.09. The fourth-order valence-electron chi connectivity index (χ4n) is 1.98. The minimum absolute atomic E-state index is 0.0806. The van der Waals surface area contributed by atoms with Crippen LogP contribution in [0, 0.1) is 4.64 Å². The van der Waals surface area contributed by atoms with Gasteiger partial charge in [-0.3, -0.25) is 0 Å². The van der Waals surface area contributed by atoms with Gasteiger partial charge in [0.1, 0.15) is 16.2 Å². The van der Waals surface area contributed by atoms with E-state index in [0.29, 0.717) is 11.2 Å². The van der Waals surface area contributed by atoms with Gasteiger partial charge in [0.2, 0.25) is 0 Å². The predicted octanol–water partition coefficient (Wildman–Crippen LogP) is 4.89. The molecular weight excluding hydrogens is 280 g/mol. The zero-order chi connectivity index (χ0) is 15.5. The van der Waals surface area contributed by atoms with E-state index in [-0.39, 0.29) is 5.41 Å². The van der Waals surface area contributed by atoms with Crippen molar-refractivity contribution in [2.24, 2.45) is 0 Å². The van der Waals surface area contributed by atoms with Crippen LogP contribution in [-0.2, 0) is 5.41 Å². The lowest BCUT2D eigenvalue weighted by Gasteiger charge is -2.19. The van der Waals surface area contributed by atoms with Crippen molar-refractivity contribution in [3.05, 3.63) is 40.8 Å². The maximum atomic E-state index is 5.83. The normalized spacial score (nSPS) is 11.4. The monoisotopic (exact) mass is 302 g/mol. The molecule has 0 fully saturated rings. The summed E-state index contributed by atoms with van der Waals surface area (Å²) < 4.78 is 6.43. The predicted molar refractivity (Wildman–Crippen MR) is 89.3 cm³/mol. The van der Waals surface area contributed by atoms with Gasteiger partial charge in [0.05, 0.1) is 12.3 Å². The van der Waals surface area contributed by atoms with Crippen molar-refractivity contribution in [1.29, 1.82) is 0 Å². The smallest absolute Gasteiger partial charge is 0.130 e. The highest BCUT2D eigenvalue weighted by Crippen LogP contribution is 2.30. The van der Waals surface area contributed by atoms with Crippen LogP contribution < -0.4 is 4.74 Å². The number of H-pyrrole nitrogens is 1. The zero-order valence-electron chi connectivity index (χ0n) is 13.1. The highest BCUT2D eigenvalue weighted by atomic mass is 32.1. The molecule has 0 amide bonds. The Balaban J connectivity index is 2.52. The molecule has 1 aromatic carbocycles. The molecule has 2 aromatic rings. The summed E-state index contributed by atoms with van der Waals surface area (Å²) in [6, 6.07) is 9.90. The van der Waals surface area contributed by atoms with Crippen molar-refractivity contribution < 1.29 is 4.74 Å². The summed E-state index contributed by atoms with van der Waals surface area (Å²) in [5, 5.41) is 0. The third-order valence-corrected chi connectivity index (χ3v) is 3.30. The number of ether oxygens (including phenoxy) is 1. The van der Waals surface area contributed by atoms with Crippen molar-refractivity contribution in [3.63, 3.8) is 0 Å². The number of aromatic amines is 1. The van der Waals surface area contributed by atoms with Crippen LogP contribution in [0.3, 0.4) is 0 Å². The molecule has 1 heterocycles. The molecule has 0 aliphatic carbocycles. The van der Waals surface area contributed by atoms with Crippen molar-refractivity contribution in [2.75, 3.05) is 6.61 Å². The standard InChI is InChI=1S/C17H22N2OS/c1-5-10-20-14-9-7-6-8-12(14)13-11-15(21)19-16(18-13)17(2,3)4/h6-9,11H,5,10H2,1-4H3,(H,18,19,21). The fraction of sp³-hybridized carbons (Fsp3) is 0.412. The van der Waals surface area contributed by atoms with Crippen LogP contribution in [0.2, 0.25) is 0 Å². The summed E-state index contributed by atoms with van der Waals surface area (Å²) in [7, 11) is 0. The Labute approximate surface area is 131 Å². The second kappa shape index (κ2) is 6.39. The largest absolute Gasteiger partial charge is 0.493 e. The maximum absolute atomic E-state index is 5.83. The Morgan fingerprint density at radius 2 is 1.95 bits per heavy atom. The highest BCUT2D eigenvalue weighted by molar-refractivity contribution is 7.71. The van der Waals surface area contributed by atoms with E-state index < -0.39 is 0 Å². The number of benzene rings is 1. The molecule has 0 saturated carbocycles. The van der Waals surface area contributed by atoms with Crippen LogP contribution in [0.25, 0.3) is 11.3 Å². The minimum atomic E-state index is -0.0806. The topological polar surface area (TPSA) is 37.9 Å². The lowest BCUT2D eigenvalue weighted by Crippen LogP contribution is -2.16. The molecule has 0 bridgehead atoms. The van der Waals surface area contributed by atoms with Crippen molar-refractivity contribution in [3.8, 4) is 17.0 Å². The molecule has 1 N–H and O–H groups in total. The first kappa shape index (κ1) is 15.7.